The fourth-order valence-electron chi connectivity index (χ4n) is 2.98. The maximum absolute atomic E-state index is 13.0. The predicted octanol–water partition coefficient (Wildman–Crippen LogP) is 3.47. The number of carbonyl (C=O) groups is 1. The average molecular weight is 351 g/mol. The van der Waals surface area contributed by atoms with E-state index >= 15 is 0 Å². The summed E-state index contributed by atoms with van der Waals surface area (Å²) in [4.78, 5) is 18.3. The molecular formula is C17H19ClN2O2S. The lowest BCUT2D eigenvalue weighted by Crippen LogP contribution is -2.47. The molecular weight excluding hydrogens is 332 g/mol. The molecule has 0 atom stereocenters. The van der Waals surface area contributed by atoms with E-state index in [9.17, 15) is 4.79 Å². The molecule has 1 aromatic heterocycles. The van der Waals surface area contributed by atoms with Crippen LogP contribution in [0.3, 0.4) is 0 Å². The van der Waals surface area contributed by atoms with Gasteiger partial charge in [-0.15, -0.1) is 11.3 Å². The van der Waals surface area contributed by atoms with E-state index in [0.29, 0.717) is 37.6 Å². The molecule has 0 aliphatic carbocycles. The van der Waals surface area contributed by atoms with Crippen LogP contribution in [-0.4, -0.2) is 24.1 Å². The topological polar surface area (TPSA) is 51.2 Å². The Labute approximate surface area is 144 Å². The molecule has 0 saturated carbocycles. The van der Waals surface area contributed by atoms with Crippen LogP contribution in [0.2, 0.25) is 5.02 Å². The quantitative estimate of drug-likeness (QED) is 0.918. The van der Waals surface area contributed by atoms with Crippen molar-refractivity contribution in [1.82, 2.24) is 10.3 Å². The van der Waals surface area contributed by atoms with Crippen molar-refractivity contribution in [2.75, 3.05) is 13.2 Å². The largest absolute Gasteiger partial charge is 0.381 e. The van der Waals surface area contributed by atoms with Crippen molar-refractivity contribution >= 4 is 28.8 Å². The number of hydrogen-bond donors (Lipinski definition) is 1. The summed E-state index contributed by atoms with van der Waals surface area (Å²) in [6, 6.07) is 7.60. The normalized spacial score (nSPS) is 17.0. The molecule has 23 heavy (non-hydrogen) atoms. The van der Waals surface area contributed by atoms with E-state index in [0.717, 1.165) is 15.4 Å². The van der Waals surface area contributed by atoms with Gasteiger partial charge in [-0.1, -0.05) is 23.7 Å². The third-order valence-corrected chi connectivity index (χ3v) is 5.40. The van der Waals surface area contributed by atoms with Gasteiger partial charge in [0, 0.05) is 29.3 Å². The second-order valence-corrected chi connectivity index (χ2v) is 7.49. The Kier molecular flexibility index (Phi) is 4.99. The van der Waals surface area contributed by atoms with Gasteiger partial charge in [-0.25, -0.2) is 4.98 Å². The maximum atomic E-state index is 13.0. The fourth-order valence-corrected chi connectivity index (χ4v) is 3.90. The number of nitrogens with zero attached hydrogens (tertiary/aromatic N) is 1. The van der Waals surface area contributed by atoms with Crippen LogP contribution in [0.4, 0.5) is 0 Å². The smallest absolute Gasteiger partial charge is 0.231 e. The number of thiazole rings is 1. The van der Waals surface area contributed by atoms with Crippen molar-refractivity contribution in [1.29, 1.82) is 0 Å². The number of aromatic nitrogens is 1. The number of rotatable bonds is 4. The molecule has 1 aliphatic heterocycles. The van der Waals surface area contributed by atoms with E-state index in [2.05, 4.69) is 10.3 Å². The van der Waals surface area contributed by atoms with Gasteiger partial charge in [-0.3, -0.25) is 4.79 Å². The summed E-state index contributed by atoms with van der Waals surface area (Å²) in [7, 11) is 0. The molecule has 0 bridgehead atoms. The Morgan fingerprint density at radius 1 is 1.43 bits per heavy atom. The lowest BCUT2D eigenvalue weighted by Gasteiger charge is -2.36. The maximum Gasteiger partial charge on any atom is 0.231 e. The third-order valence-electron chi connectivity index (χ3n) is 4.25. The van der Waals surface area contributed by atoms with E-state index in [-0.39, 0.29) is 5.91 Å². The number of aryl methyl sites for hydroxylation is 1. The van der Waals surface area contributed by atoms with E-state index in [1.54, 1.807) is 11.3 Å². The summed E-state index contributed by atoms with van der Waals surface area (Å²) >= 11 is 7.74. The number of hydrogen-bond acceptors (Lipinski definition) is 4. The van der Waals surface area contributed by atoms with Crippen LogP contribution in [0.25, 0.3) is 0 Å². The molecule has 3 rings (SSSR count). The first-order valence-electron chi connectivity index (χ1n) is 7.63. The van der Waals surface area contributed by atoms with Crippen LogP contribution in [0.5, 0.6) is 0 Å². The molecule has 0 unspecified atom stereocenters. The molecule has 6 heteroatoms. The minimum atomic E-state index is -0.567. The van der Waals surface area contributed by atoms with Gasteiger partial charge in [-0.2, -0.15) is 0 Å². The standard InChI is InChI=1S/C17H19ClN2O2S/c1-12-19-10-15(23-12)11-20-16(21)17(5-7-22-8-6-17)13-3-2-4-14(18)9-13/h2-4,9-10H,5-8,11H2,1H3,(H,20,21). The number of nitrogens with one attached hydrogen (secondary N) is 1. The van der Waals surface area contributed by atoms with Crippen molar-refractivity contribution in [2.45, 2.75) is 31.7 Å². The molecule has 1 aromatic carbocycles. The van der Waals surface area contributed by atoms with Gasteiger partial charge < -0.3 is 10.1 Å². The molecule has 122 valence electrons. The number of amides is 1. The molecule has 2 aromatic rings. The summed E-state index contributed by atoms with van der Waals surface area (Å²) in [5.41, 5.74) is 0.398. The predicted molar refractivity (Wildman–Crippen MR) is 91.9 cm³/mol. The lowest BCUT2D eigenvalue weighted by atomic mass is 9.73. The Morgan fingerprint density at radius 2 is 2.22 bits per heavy atom. The molecule has 1 aliphatic rings. The van der Waals surface area contributed by atoms with Gasteiger partial charge in [0.05, 0.1) is 17.0 Å². The van der Waals surface area contributed by atoms with E-state index in [1.807, 2.05) is 37.4 Å². The molecule has 0 radical (unpaired) electrons. The van der Waals surface area contributed by atoms with Crippen LogP contribution in [0, 0.1) is 6.92 Å². The first-order chi connectivity index (χ1) is 11.1. The second-order valence-electron chi connectivity index (χ2n) is 5.73. The Morgan fingerprint density at radius 3 is 2.87 bits per heavy atom. The monoisotopic (exact) mass is 350 g/mol. The zero-order chi connectivity index (χ0) is 16.3. The van der Waals surface area contributed by atoms with Gasteiger partial charge in [-0.05, 0) is 37.5 Å². The van der Waals surface area contributed by atoms with E-state index < -0.39 is 5.41 Å². The van der Waals surface area contributed by atoms with Crippen molar-refractivity contribution in [3.8, 4) is 0 Å². The van der Waals surface area contributed by atoms with Crippen molar-refractivity contribution in [3.63, 3.8) is 0 Å². The van der Waals surface area contributed by atoms with Crippen molar-refractivity contribution in [3.05, 3.63) is 50.9 Å². The highest BCUT2D eigenvalue weighted by Crippen LogP contribution is 2.36. The van der Waals surface area contributed by atoms with Crippen LogP contribution < -0.4 is 5.32 Å². The number of carbonyl (C=O) groups excluding carboxylic acids is 1. The zero-order valence-electron chi connectivity index (χ0n) is 13.0. The molecule has 1 N–H and O–H groups in total. The molecule has 0 spiro atoms. The minimum absolute atomic E-state index is 0.0362. The minimum Gasteiger partial charge on any atom is -0.381 e. The summed E-state index contributed by atoms with van der Waals surface area (Å²) in [5, 5.41) is 4.73. The van der Waals surface area contributed by atoms with Crippen LogP contribution in [-0.2, 0) is 21.5 Å². The van der Waals surface area contributed by atoms with Gasteiger partial charge in [0.15, 0.2) is 0 Å². The number of benzene rings is 1. The van der Waals surface area contributed by atoms with Gasteiger partial charge in [0.1, 0.15) is 0 Å². The Bertz CT molecular complexity index is 695. The lowest BCUT2D eigenvalue weighted by molar-refractivity contribution is -0.130. The van der Waals surface area contributed by atoms with Crippen LogP contribution in [0.1, 0.15) is 28.3 Å². The molecule has 1 amide bonds. The molecule has 2 heterocycles. The third kappa shape index (κ3) is 3.57. The molecule has 4 nitrogen and oxygen atoms in total. The Balaban J connectivity index is 1.82. The van der Waals surface area contributed by atoms with E-state index in [1.165, 1.54) is 0 Å². The van der Waals surface area contributed by atoms with Gasteiger partial charge in [0.25, 0.3) is 0 Å². The highest BCUT2D eigenvalue weighted by Gasteiger charge is 2.41. The van der Waals surface area contributed by atoms with Crippen LogP contribution >= 0.6 is 22.9 Å². The first-order valence-corrected chi connectivity index (χ1v) is 8.83. The summed E-state index contributed by atoms with van der Waals surface area (Å²) in [6.07, 6.45) is 3.15. The number of ether oxygens (including phenoxy) is 1. The highest BCUT2D eigenvalue weighted by molar-refractivity contribution is 7.11. The molecule has 1 fully saturated rings. The Hall–Kier alpha value is -1.43. The molecule has 1 saturated heterocycles. The SMILES string of the molecule is Cc1ncc(CNC(=O)C2(c3cccc(Cl)c3)CCOCC2)s1. The van der Waals surface area contributed by atoms with Gasteiger partial charge in [0.2, 0.25) is 5.91 Å². The second kappa shape index (κ2) is 6.99. The first kappa shape index (κ1) is 16.4. The summed E-state index contributed by atoms with van der Waals surface area (Å²) in [6.45, 7) is 3.63. The average Bonchev–Trinajstić information content (AvgIpc) is 2.98. The summed E-state index contributed by atoms with van der Waals surface area (Å²) < 4.78 is 5.47. The van der Waals surface area contributed by atoms with Crippen LogP contribution in [0.15, 0.2) is 30.5 Å². The summed E-state index contributed by atoms with van der Waals surface area (Å²) in [5.74, 6) is 0.0362. The van der Waals surface area contributed by atoms with Crippen molar-refractivity contribution in [2.24, 2.45) is 0 Å². The van der Waals surface area contributed by atoms with Gasteiger partial charge >= 0.3 is 0 Å². The highest BCUT2D eigenvalue weighted by atomic mass is 35.5. The fraction of sp³-hybridized carbons (Fsp3) is 0.412. The number of halogens is 1. The zero-order valence-corrected chi connectivity index (χ0v) is 14.5. The van der Waals surface area contributed by atoms with Crippen molar-refractivity contribution < 1.29 is 9.53 Å². The van der Waals surface area contributed by atoms with E-state index in [4.69, 9.17) is 16.3 Å².